The van der Waals surface area contributed by atoms with Crippen LogP contribution in [0.15, 0.2) is 6.20 Å². The highest BCUT2D eigenvalue weighted by Gasteiger charge is 2.07. The molecule has 18 heavy (non-hydrogen) atoms. The molecule has 1 rings (SSSR count). The maximum absolute atomic E-state index is 10.6. The van der Waals surface area contributed by atoms with Gasteiger partial charge in [-0.2, -0.15) is 0 Å². The lowest BCUT2D eigenvalue weighted by atomic mass is 10.1. The van der Waals surface area contributed by atoms with E-state index in [2.05, 4.69) is 15.6 Å². The second-order valence-corrected chi connectivity index (χ2v) is 4.35. The number of aliphatic hydroxyl groups excluding tert-OH is 1. The van der Waals surface area contributed by atoms with Crippen molar-refractivity contribution in [2.24, 2.45) is 5.92 Å². The Kier molecular flexibility index (Phi) is 6.31. The van der Waals surface area contributed by atoms with E-state index in [4.69, 9.17) is 10.2 Å². The fourth-order valence-electron chi connectivity index (χ4n) is 1.49. The molecule has 1 heterocycles. The van der Waals surface area contributed by atoms with Gasteiger partial charge in [-0.25, -0.2) is 4.79 Å². The average molecular weight is 256 g/mol. The van der Waals surface area contributed by atoms with Gasteiger partial charge in [-0.1, -0.05) is 12.1 Å². The summed E-state index contributed by atoms with van der Waals surface area (Å²) in [7, 11) is 0. The topological polar surface area (TPSA) is 100 Å². The minimum atomic E-state index is -1.06. The molecule has 0 aliphatic carbocycles. The number of aromatic nitrogens is 3. The molecule has 0 fully saturated rings. The van der Waals surface area contributed by atoms with Crippen LogP contribution in [0.5, 0.6) is 0 Å². The smallest absolute Gasteiger partial charge is 0.358 e. The molecule has 0 saturated carbocycles. The van der Waals surface area contributed by atoms with E-state index < -0.39 is 5.97 Å². The first-order chi connectivity index (χ1) is 8.63. The first kappa shape index (κ1) is 14.6. The van der Waals surface area contributed by atoms with E-state index in [0.29, 0.717) is 12.5 Å². The van der Waals surface area contributed by atoms with Gasteiger partial charge in [0.1, 0.15) is 0 Å². The molecular formula is C11H20N4O3. The van der Waals surface area contributed by atoms with Gasteiger partial charge in [-0.15, -0.1) is 5.10 Å². The van der Waals surface area contributed by atoms with E-state index in [9.17, 15) is 4.79 Å². The van der Waals surface area contributed by atoms with E-state index in [1.165, 1.54) is 10.9 Å². The molecule has 1 atom stereocenters. The lowest BCUT2D eigenvalue weighted by molar-refractivity contribution is 0.0690. The Morgan fingerprint density at radius 3 is 2.94 bits per heavy atom. The van der Waals surface area contributed by atoms with Crippen molar-refractivity contribution < 1.29 is 15.0 Å². The number of rotatable bonds is 9. The second kappa shape index (κ2) is 7.78. The number of nitrogens with zero attached hydrogens (tertiary/aromatic N) is 3. The molecule has 0 bridgehead atoms. The predicted octanol–water partition coefficient (Wildman–Crippen LogP) is -0.0255. The number of carboxylic acids is 1. The Labute approximate surface area is 106 Å². The normalized spacial score (nSPS) is 12.6. The van der Waals surface area contributed by atoms with Crippen LogP contribution in [0.3, 0.4) is 0 Å². The van der Waals surface area contributed by atoms with Crippen molar-refractivity contribution in [3.63, 3.8) is 0 Å². The molecule has 0 aromatic carbocycles. The molecule has 0 saturated heterocycles. The monoisotopic (exact) mass is 256 g/mol. The zero-order valence-corrected chi connectivity index (χ0v) is 10.5. The van der Waals surface area contributed by atoms with E-state index in [-0.39, 0.29) is 12.3 Å². The Bertz CT molecular complexity index is 367. The van der Waals surface area contributed by atoms with E-state index >= 15 is 0 Å². The number of hydrogen-bond donors (Lipinski definition) is 3. The van der Waals surface area contributed by atoms with Crippen LogP contribution in [-0.2, 0) is 6.54 Å². The maximum Gasteiger partial charge on any atom is 0.358 e. The van der Waals surface area contributed by atoms with Crippen molar-refractivity contribution in [1.82, 2.24) is 20.3 Å². The number of carboxylic acid groups (broad SMARTS) is 1. The Morgan fingerprint density at radius 2 is 2.33 bits per heavy atom. The highest BCUT2D eigenvalue weighted by Crippen LogP contribution is 2.02. The summed E-state index contributed by atoms with van der Waals surface area (Å²) in [5.74, 6) is -0.715. The van der Waals surface area contributed by atoms with Crippen molar-refractivity contribution in [2.75, 3.05) is 19.7 Å². The standard InChI is InChI=1S/C11H20N4O3/c1-9(8-16)3-2-4-12-5-6-15-7-10(11(17)18)13-14-15/h7,9,12,16H,2-6,8H2,1H3,(H,17,18). The Hall–Kier alpha value is -1.47. The van der Waals surface area contributed by atoms with Crippen molar-refractivity contribution in [1.29, 1.82) is 0 Å². The summed E-state index contributed by atoms with van der Waals surface area (Å²) in [5.41, 5.74) is -0.0354. The molecular weight excluding hydrogens is 236 g/mol. The Balaban J connectivity index is 2.08. The van der Waals surface area contributed by atoms with Gasteiger partial charge in [0.15, 0.2) is 5.69 Å². The van der Waals surface area contributed by atoms with Gasteiger partial charge < -0.3 is 15.5 Å². The summed E-state index contributed by atoms with van der Waals surface area (Å²) >= 11 is 0. The summed E-state index contributed by atoms with van der Waals surface area (Å²) < 4.78 is 1.51. The summed E-state index contributed by atoms with van der Waals surface area (Å²) in [6, 6.07) is 0. The van der Waals surface area contributed by atoms with Crippen molar-refractivity contribution in [3.8, 4) is 0 Å². The molecule has 0 aliphatic heterocycles. The lowest BCUT2D eigenvalue weighted by Gasteiger charge is -2.08. The zero-order valence-electron chi connectivity index (χ0n) is 10.5. The summed E-state index contributed by atoms with van der Waals surface area (Å²) in [6.07, 6.45) is 3.42. The van der Waals surface area contributed by atoms with Crippen molar-refractivity contribution in [2.45, 2.75) is 26.3 Å². The highest BCUT2D eigenvalue weighted by atomic mass is 16.4. The quantitative estimate of drug-likeness (QED) is 0.537. The zero-order chi connectivity index (χ0) is 13.4. The first-order valence-electron chi connectivity index (χ1n) is 6.08. The van der Waals surface area contributed by atoms with E-state index in [1.54, 1.807) is 0 Å². The number of hydrogen-bond acceptors (Lipinski definition) is 5. The fraction of sp³-hybridized carbons (Fsp3) is 0.727. The second-order valence-electron chi connectivity index (χ2n) is 4.35. The van der Waals surface area contributed by atoms with Crippen LogP contribution >= 0.6 is 0 Å². The lowest BCUT2D eigenvalue weighted by Crippen LogP contribution is -2.22. The van der Waals surface area contributed by atoms with E-state index in [0.717, 1.165) is 25.9 Å². The molecule has 1 aromatic heterocycles. The van der Waals surface area contributed by atoms with Crippen LogP contribution in [0.2, 0.25) is 0 Å². The van der Waals surface area contributed by atoms with Crippen LogP contribution in [0.25, 0.3) is 0 Å². The summed E-state index contributed by atoms with van der Waals surface area (Å²) in [4.78, 5) is 10.6. The van der Waals surface area contributed by atoms with Gasteiger partial charge in [0.05, 0.1) is 12.7 Å². The molecule has 0 spiro atoms. The predicted molar refractivity (Wildman–Crippen MR) is 65.3 cm³/mol. The van der Waals surface area contributed by atoms with Crippen LogP contribution in [0, 0.1) is 5.92 Å². The molecule has 7 nitrogen and oxygen atoms in total. The van der Waals surface area contributed by atoms with Crippen LogP contribution < -0.4 is 5.32 Å². The molecule has 0 amide bonds. The maximum atomic E-state index is 10.6. The molecule has 1 unspecified atom stereocenters. The molecule has 3 N–H and O–H groups in total. The van der Waals surface area contributed by atoms with Gasteiger partial charge in [0.25, 0.3) is 0 Å². The third-order valence-electron chi connectivity index (χ3n) is 2.64. The van der Waals surface area contributed by atoms with Gasteiger partial charge in [0, 0.05) is 13.2 Å². The molecule has 102 valence electrons. The number of carbonyl (C=O) groups is 1. The summed E-state index contributed by atoms with van der Waals surface area (Å²) in [6.45, 7) is 4.44. The molecule has 0 aliphatic rings. The minimum absolute atomic E-state index is 0.0354. The van der Waals surface area contributed by atoms with Gasteiger partial charge in [0.2, 0.25) is 0 Å². The van der Waals surface area contributed by atoms with Crippen molar-refractivity contribution in [3.05, 3.63) is 11.9 Å². The minimum Gasteiger partial charge on any atom is -0.476 e. The van der Waals surface area contributed by atoms with Gasteiger partial charge in [-0.3, -0.25) is 4.68 Å². The van der Waals surface area contributed by atoms with Crippen LogP contribution in [-0.4, -0.2) is 50.9 Å². The molecule has 7 heteroatoms. The van der Waals surface area contributed by atoms with Crippen LogP contribution in [0.1, 0.15) is 30.3 Å². The van der Waals surface area contributed by atoms with Gasteiger partial charge in [-0.05, 0) is 25.3 Å². The number of aliphatic hydroxyl groups is 1. The highest BCUT2D eigenvalue weighted by molar-refractivity contribution is 5.84. The number of nitrogens with one attached hydrogen (secondary N) is 1. The van der Waals surface area contributed by atoms with E-state index in [1.807, 2.05) is 6.92 Å². The third kappa shape index (κ3) is 5.24. The third-order valence-corrected chi connectivity index (χ3v) is 2.64. The molecule has 0 radical (unpaired) electrons. The Morgan fingerprint density at radius 1 is 1.56 bits per heavy atom. The molecule has 1 aromatic rings. The number of aromatic carboxylic acids is 1. The average Bonchev–Trinajstić information content (AvgIpc) is 2.82. The fourth-order valence-corrected chi connectivity index (χ4v) is 1.49. The summed E-state index contributed by atoms with van der Waals surface area (Å²) in [5, 5.41) is 28.0. The van der Waals surface area contributed by atoms with Gasteiger partial charge >= 0.3 is 5.97 Å². The first-order valence-corrected chi connectivity index (χ1v) is 6.08. The van der Waals surface area contributed by atoms with Crippen molar-refractivity contribution >= 4 is 5.97 Å². The SMILES string of the molecule is CC(CO)CCCNCCn1cc(C(=O)O)nn1. The largest absolute Gasteiger partial charge is 0.476 e. The van der Waals surface area contributed by atoms with Crippen LogP contribution in [0.4, 0.5) is 0 Å².